The molecule has 3 heteroatoms. The molecule has 0 saturated carbocycles. The Morgan fingerprint density at radius 2 is 2.12 bits per heavy atom. The van der Waals surface area contributed by atoms with Gasteiger partial charge in [-0.2, -0.15) is 0 Å². The monoisotopic (exact) mass is 119 g/mol. The number of hydrogen-bond acceptors (Lipinski definition) is 3. The number of hydrogen-bond donors (Lipinski definition) is 3. The Morgan fingerprint density at radius 3 is 2.25 bits per heavy atom. The molecule has 3 nitrogen and oxygen atoms in total. The minimum Gasteiger partial charge on any atom is -0.395 e. The van der Waals surface area contributed by atoms with Crippen molar-refractivity contribution in [3.63, 3.8) is 0 Å². The van der Waals surface area contributed by atoms with Crippen LogP contribution in [0.5, 0.6) is 0 Å². The van der Waals surface area contributed by atoms with Crippen molar-refractivity contribution < 1.29 is 10.2 Å². The molecule has 0 aromatic heterocycles. The zero-order valence-electron chi connectivity index (χ0n) is 5.04. The third-order valence-corrected chi connectivity index (χ3v) is 1.12. The second-order valence-electron chi connectivity index (χ2n) is 1.82. The molecule has 1 unspecified atom stereocenters. The summed E-state index contributed by atoms with van der Waals surface area (Å²) in [6.45, 7) is 1.68. The maximum absolute atomic E-state index is 8.84. The summed E-state index contributed by atoms with van der Waals surface area (Å²) in [5.41, 5.74) is 5.23. The van der Waals surface area contributed by atoms with Crippen molar-refractivity contribution in [2.75, 3.05) is 6.61 Å². The van der Waals surface area contributed by atoms with Gasteiger partial charge in [0.15, 0.2) is 0 Å². The van der Waals surface area contributed by atoms with Crippen molar-refractivity contribution in [1.29, 1.82) is 0 Å². The fraction of sp³-hybridized carbons (Fsp3) is 1.00. The standard InChI is InChI=1S/C5H13NO2/c1-2-5(8)4(6)3-7/h4-5,7-8H,2-3,6H2,1H3/t4-,5?/m1/s1. The van der Waals surface area contributed by atoms with Crippen LogP contribution in [0.3, 0.4) is 0 Å². The molecule has 0 radical (unpaired) electrons. The van der Waals surface area contributed by atoms with Crippen LogP contribution in [0.2, 0.25) is 0 Å². The number of aliphatic hydroxyl groups is 2. The second kappa shape index (κ2) is 3.83. The van der Waals surface area contributed by atoms with Gasteiger partial charge in [-0.15, -0.1) is 0 Å². The molecule has 0 aliphatic rings. The third kappa shape index (κ3) is 2.26. The van der Waals surface area contributed by atoms with E-state index in [9.17, 15) is 0 Å². The number of rotatable bonds is 3. The van der Waals surface area contributed by atoms with E-state index in [1.165, 1.54) is 0 Å². The smallest absolute Gasteiger partial charge is 0.0710 e. The fourth-order valence-corrected chi connectivity index (χ4v) is 0.424. The van der Waals surface area contributed by atoms with E-state index in [-0.39, 0.29) is 6.61 Å². The first-order valence-corrected chi connectivity index (χ1v) is 2.76. The fourth-order valence-electron chi connectivity index (χ4n) is 0.424. The lowest BCUT2D eigenvalue weighted by Crippen LogP contribution is -2.37. The molecule has 0 rings (SSSR count). The molecule has 0 bridgehead atoms. The molecule has 0 aromatic rings. The van der Waals surface area contributed by atoms with Gasteiger partial charge >= 0.3 is 0 Å². The van der Waals surface area contributed by atoms with Gasteiger partial charge in [0, 0.05) is 0 Å². The molecule has 4 N–H and O–H groups in total. The Hall–Kier alpha value is -0.120. The van der Waals surface area contributed by atoms with Gasteiger partial charge in [-0.1, -0.05) is 6.92 Å². The number of nitrogens with two attached hydrogens (primary N) is 1. The predicted molar refractivity (Wildman–Crippen MR) is 31.4 cm³/mol. The average Bonchev–Trinajstić information content (AvgIpc) is 1.84. The molecular weight excluding hydrogens is 106 g/mol. The van der Waals surface area contributed by atoms with Crippen molar-refractivity contribution in [3.05, 3.63) is 0 Å². The predicted octanol–water partition coefficient (Wildman–Crippen LogP) is -0.923. The molecule has 0 spiro atoms. The summed E-state index contributed by atoms with van der Waals surface area (Å²) >= 11 is 0. The molecule has 2 atom stereocenters. The molecule has 0 aromatic carbocycles. The van der Waals surface area contributed by atoms with E-state index < -0.39 is 12.1 Å². The molecule has 0 amide bonds. The Labute approximate surface area is 49.1 Å². The Balaban J connectivity index is 3.29. The second-order valence-corrected chi connectivity index (χ2v) is 1.82. The minimum atomic E-state index is -0.556. The third-order valence-electron chi connectivity index (χ3n) is 1.12. The van der Waals surface area contributed by atoms with Crippen molar-refractivity contribution in [2.45, 2.75) is 25.5 Å². The molecule has 0 heterocycles. The van der Waals surface area contributed by atoms with Crippen molar-refractivity contribution in [3.8, 4) is 0 Å². The molecule has 50 valence electrons. The highest BCUT2D eigenvalue weighted by Crippen LogP contribution is 1.92. The average molecular weight is 119 g/mol. The maximum Gasteiger partial charge on any atom is 0.0710 e. The highest BCUT2D eigenvalue weighted by atomic mass is 16.3. The van der Waals surface area contributed by atoms with Gasteiger partial charge < -0.3 is 15.9 Å². The summed E-state index contributed by atoms with van der Waals surface area (Å²) in [5.74, 6) is 0. The molecule has 0 fully saturated rings. The van der Waals surface area contributed by atoms with Crippen LogP contribution in [0.4, 0.5) is 0 Å². The van der Waals surface area contributed by atoms with Gasteiger partial charge in [0.1, 0.15) is 0 Å². The van der Waals surface area contributed by atoms with Gasteiger partial charge in [0.2, 0.25) is 0 Å². The van der Waals surface area contributed by atoms with E-state index in [0.717, 1.165) is 0 Å². The largest absolute Gasteiger partial charge is 0.395 e. The zero-order valence-corrected chi connectivity index (χ0v) is 5.04. The normalized spacial score (nSPS) is 18.0. The lowest BCUT2D eigenvalue weighted by Gasteiger charge is -2.12. The van der Waals surface area contributed by atoms with Crippen LogP contribution in [-0.4, -0.2) is 29.0 Å². The molecule has 0 saturated heterocycles. The summed E-state index contributed by atoms with van der Waals surface area (Å²) < 4.78 is 0. The maximum atomic E-state index is 8.84. The zero-order chi connectivity index (χ0) is 6.57. The molecule has 8 heavy (non-hydrogen) atoms. The highest BCUT2D eigenvalue weighted by molar-refractivity contribution is 4.67. The molecule has 0 aliphatic heterocycles. The van der Waals surface area contributed by atoms with Gasteiger partial charge in [-0.05, 0) is 6.42 Å². The first kappa shape index (κ1) is 7.88. The highest BCUT2D eigenvalue weighted by Gasteiger charge is 2.09. The van der Waals surface area contributed by atoms with Crippen molar-refractivity contribution >= 4 is 0 Å². The van der Waals surface area contributed by atoms with E-state index in [1.807, 2.05) is 6.92 Å². The molecule has 0 aliphatic carbocycles. The van der Waals surface area contributed by atoms with Crippen LogP contribution in [0.1, 0.15) is 13.3 Å². The van der Waals surface area contributed by atoms with Crippen LogP contribution in [0.25, 0.3) is 0 Å². The Kier molecular flexibility index (Phi) is 3.77. The van der Waals surface area contributed by atoms with E-state index in [1.54, 1.807) is 0 Å². The van der Waals surface area contributed by atoms with Crippen LogP contribution >= 0.6 is 0 Å². The summed E-state index contributed by atoms with van der Waals surface area (Å²) in [6.07, 6.45) is 0.0434. The van der Waals surface area contributed by atoms with Crippen LogP contribution < -0.4 is 5.73 Å². The van der Waals surface area contributed by atoms with Crippen molar-refractivity contribution in [2.24, 2.45) is 5.73 Å². The van der Waals surface area contributed by atoms with Gasteiger partial charge in [-0.3, -0.25) is 0 Å². The van der Waals surface area contributed by atoms with Gasteiger partial charge in [0.05, 0.1) is 18.8 Å². The lowest BCUT2D eigenvalue weighted by molar-refractivity contribution is 0.106. The summed E-state index contributed by atoms with van der Waals surface area (Å²) in [4.78, 5) is 0. The molecular formula is C5H13NO2. The summed E-state index contributed by atoms with van der Waals surface area (Å²) in [6, 6.07) is -0.472. The Morgan fingerprint density at radius 1 is 1.62 bits per heavy atom. The number of aliphatic hydroxyl groups excluding tert-OH is 2. The van der Waals surface area contributed by atoms with Crippen LogP contribution in [0, 0.1) is 0 Å². The van der Waals surface area contributed by atoms with Gasteiger partial charge in [-0.25, -0.2) is 0 Å². The van der Waals surface area contributed by atoms with E-state index in [4.69, 9.17) is 15.9 Å². The van der Waals surface area contributed by atoms with E-state index >= 15 is 0 Å². The quantitative estimate of drug-likeness (QED) is 0.450. The summed E-state index contributed by atoms with van der Waals surface area (Å²) in [5, 5.41) is 17.2. The topological polar surface area (TPSA) is 66.5 Å². The van der Waals surface area contributed by atoms with Crippen molar-refractivity contribution in [1.82, 2.24) is 0 Å². The lowest BCUT2D eigenvalue weighted by atomic mass is 10.1. The van der Waals surface area contributed by atoms with E-state index in [0.29, 0.717) is 6.42 Å². The minimum absolute atomic E-state index is 0.144. The van der Waals surface area contributed by atoms with Crippen LogP contribution in [0.15, 0.2) is 0 Å². The Bertz CT molecular complexity index is 50.4. The SMILES string of the molecule is CCC(O)[C@H](N)CO. The van der Waals surface area contributed by atoms with Crippen LogP contribution in [-0.2, 0) is 0 Å². The first-order chi connectivity index (χ1) is 3.72. The first-order valence-electron chi connectivity index (χ1n) is 2.76. The van der Waals surface area contributed by atoms with E-state index in [2.05, 4.69) is 0 Å². The van der Waals surface area contributed by atoms with Gasteiger partial charge in [0.25, 0.3) is 0 Å². The summed E-state index contributed by atoms with van der Waals surface area (Å²) in [7, 11) is 0.